The lowest BCUT2D eigenvalue weighted by molar-refractivity contribution is 0.416. The van der Waals surface area contributed by atoms with Crippen LogP contribution in [0.25, 0.3) is 11.0 Å². The average molecular weight is 407 g/mol. The molecule has 1 N–H and O–H groups in total. The molecule has 4 rings (SSSR count). The summed E-state index contributed by atoms with van der Waals surface area (Å²) in [5, 5.41) is 0.675. The van der Waals surface area contributed by atoms with Gasteiger partial charge < -0.3 is 14.2 Å². The first-order chi connectivity index (χ1) is 12.8. The second-order valence-corrected chi connectivity index (χ2v) is 8.68. The first kappa shape index (κ1) is 17.9. The minimum Gasteiger partial charge on any atom is -0.494 e. The van der Waals surface area contributed by atoms with E-state index in [1.165, 1.54) is 7.11 Å². The molecular weight excluding hydrogens is 388 g/mol. The van der Waals surface area contributed by atoms with Gasteiger partial charge in [0.05, 0.1) is 36.6 Å². The summed E-state index contributed by atoms with van der Waals surface area (Å²) in [7, 11) is -1.85. The minimum atomic E-state index is -3.37. The molecule has 0 spiro atoms. The van der Waals surface area contributed by atoms with Crippen molar-refractivity contribution in [1.82, 2.24) is 9.55 Å². The van der Waals surface area contributed by atoms with Crippen molar-refractivity contribution in [2.45, 2.75) is 13.1 Å². The molecule has 7 nitrogen and oxygen atoms in total. The molecule has 0 atom stereocenters. The van der Waals surface area contributed by atoms with Gasteiger partial charge in [0.25, 0.3) is 0 Å². The molecule has 0 amide bonds. The van der Waals surface area contributed by atoms with Gasteiger partial charge in [-0.3, -0.25) is 4.72 Å². The highest BCUT2D eigenvalue weighted by molar-refractivity contribution is 7.92. The van der Waals surface area contributed by atoms with E-state index in [1.54, 1.807) is 6.07 Å². The second-order valence-electron chi connectivity index (χ2n) is 6.49. The van der Waals surface area contributed by atoms with Crippen LogP contribution in [0.2, 0.25) is 5.02 Å². The summed E-state index contributed by atoms with van der Waals surface area (Å²) in [6.07, 6.45) is 1.11. The highest BCUT2D eigenvalue weighted by Crippen LogP contribution is 2.32. The zero-order valence-electron chi connectivity index (χ0n) is 14.9. The Morgan fingerprint density at radius 3 is 2.74 bits per heavy atom. The second kappa shape index (κ2) is 6.61. The predicted molar refractivity (Wildman–Crippen MR) is 107 cm³/mol. The number of halogens is 1. The van der Waals surface area contributed by atoms with Crippen molar-refractivity contribution in [3.05, 3.63) is 47.2 Å². The molecule has 2 aromatic carbocycles. The number of nitrogens with one attached hydrogen (secondary N) is 1. The maximum Gasteiger partial charge on any atom is 0.229 e. The molecule has 1 aromatic heterocycles. The fraction of sp³-hybridized carbons (Fsp3) is 0.278. The molecular formula is C18H19ClN4O3S. The van der Waals surface area contributed by atoms with Gasteiger partial charge in [-0.15, -0.1) is 0 Å². The molecule has 0 unspecified atom stereocenters. The van der Waals surface area contributed by atoms with Crippen molar-refractivity contribution in [3.8, 4) is 5.75 Å². The number of hydrogen-bond donors (Lipinski definition) is 1. The number of nitrogens with zero attached hydrogens (tertiary/aromatic N) is 3. The monoisotopic (exact) mass is 406 g/mol. The molecule has 9 heteroatoms. The summed E-state index contributed by atoms with van der Waals surface area (Å²) in [4.78, 5) is 6.90. The highest BCUT2D eigenvalue weighted by Gasteiger charge is 2.21. The lowest BCUT2D eigenvalue weighted by Crippen LogP contribution is -2.33. The number of fused-ring (bicyclic) bond motifs is 3. The van der Waals surface area contributed by atoms with Crippen LogP contribution in [-0.2, 0) is 23.1 Å². The molecule has 1 aliphatic heterocycles. The Morgan fingerprint density at radius 1 is 1.19 bits per heavy atom. The van der Waals surface area contributed by atoms with Gasteiger partial charge in [-0.2, -0.15) is 0 Å². The van der Waals surface area contributed by atoms with Crippen LogP contribution in [0.5, 0.6) is 5.75 Å². The van der Waals surface area contributed by atoms with Crippen LogP contribution in [0.4, 0.5) is 11.4 Å². The van der Waals surface area contributed by atoms with E-state index in [9.17, 15) is 8.42 Å². The molecule has 1 aliphatic rings. The topological polar surface area (TPSA) is 76.5 Å². The van der Waals surface area contributed by atoms with Gasteiger partial charge in [-0.05, 0) is 30.3 Å². The van der Waals surface area contributed by atoms with Crippen LogP contribution in [0, 0.1) is 0 Å². The van der Waals surface area contributed by atoms with E-state index < -0.39 is 10.0 Å². The molecule has 0 saturated carbocycles. The quantitative estimate of drug-likeness (QED) is 0.720. The summed E-state index contributed by atoms with van der Waals surface area (Å²) in [6.45, 7) is 2.26. The van der Waals surface area contributed by atoms with E-state index in [4.69, 9.17) is 21.3 Å². The van der Waals surface area contributed by atoms with Crippen LogP contribution >= 0.6 is 11.6 Å². The van der Waals surface area contributed by atoms with Crippen LogP contribution in [0.1, 0.15) is 5.82 Å². The Bertz CT molecular complexity index is 1130. The summed E-state index contributed by atoms with van der Waals surface area (Å²) in [5.41, 5.74) is 3.34. The third-order valence-electron chi connectivity index (χ3n) is 4.56. The van der Waals surface area contributed by atoms with Crippen molar-refractivity contribution in [3.63, 3.8) is 0 Å². The number of hydrogen-bond acceptors (Lipinski definition) is 5. The van der Waals surface area contributed by atoms with E-state index in [0.717, 1.165) is 41.9 Å². The number of aromatic nitrogens is 2. The lowest BCUT2D eigenvalue weighted by atomic mass is 10.2. The van der Waals surface area contributed by atoms with Gasteiger partial charge in [0.15, 0.2) is 0 Å². The van der Waals surface area contributed by atoms with E-state index in [1.807, 2.05) is 30.3 Å². The van der Waals surface area contributed by atoms with E-state index in [2.05, 4.69) is 14.2 Å². The van der Waals surface area contributed by atoms with E-state index in [0.29, 0.717) is 23.0 Å². The fourth-order valence-electron chi connectivity index (χ4n) is 3.37. The van der Waals surface area contributed by atoms with Crippen LogP contribution < -0.4 is 14.4 Å². The SMILES string of the molecule is COc1cc(N2CCn3c(nc4cc(Cl)ccc43)C2)ccc1NS(C)(=O)=O. The summed E-state index contributed by atoms with van der Waals surface area (Å²) < 4.78 is 33.0. The zero-order chi connectivity index (χ0) is 19.2. The van der Waals surface area contributed by atoms with Gasteiger partial charge in [0.2, 0.25) is 10.0 Å². The molecule has 27 heavy (non-hydrogen) atoms. The Labute approximate surface area is 162 Å². The maximum absolute atomic E-state index is 11.5. The smallest absolute Gasteiger partial charge is 0.229 e. The molecule has 0 fully saturated rings. The van der Waals surface area contributed by atoms with Crippen LogP contribution in [-0.4, -0.2) is 37.9 Å². The molecule has 2 heterocycles. The van der Waals surface area contributed by atoms with Crippen LogP contribution in [0.3, 0.4) is 0 Å². The van der Waals surface area contributed by atoms with Gasteiger partial charge in [-0.1, -0.05) is 11.6 Å². The van der Waals surface area contributed by atoms with Crippen molar-refractivity contribution < 1.29 is 13.2 Å². The number of rotatable bonds is 4. The Balaban J connectivity index is 1.64. The molecule has 0 bridgehead atoms. The number of benzene rings is 2. The normalized spacial score (nSPS) is 14.3. The third kappa shape index (κ3) is 3.54. The molecule has 0 aliphatic carbocycles. The van der Waals surface area contributed by atoms with E-state index >= 15 is 0 Å². The minimum absolute atomic E-state index is 0.419. The van der Waals surface area contributed by atoms with Crippen molar-refractivity contribution >= 4 is 44.0 Å². The Morgan fingerprint density at radius 2 is 2.00 bits per heavy atom. The van der Waals surface area contributed by atoms with Crippen molar-refractivity contribution in [2.75, 3.05) is 29.5 Å². The molecule has 142 valence electrons. The standard InChI is InChI=1S/C18H19ClN4O3S/c1-26-17-10-13(4-5-14(17)21-27(2,24)25)22-7-8-23-16-6-3-12(19)9-15(16)20-18(23)11-22/h3-6,9-10,21H,7-8,11H2,1-2H3. The van der Waals surface area contributed by atoms with Gasteiger partial charge in [0, 0.05) is 29.9 Å². The number of methoxy groups -OCH3 is 1. The van der Waals surface area contributed by atoms with Gasteiger partial charge in [0.1, 0.15) is 11.6 Å². The fourth-order valence-corrected chi connectivity index (χ4v) is 4.11. The van der Waals surface area contributed by atoms with Crippen molar-refractivity contribution in [2.24, 2.45) is 0 Å². The van der Waals surface area contributed by atoms with E-state index in [-0.39, 0.29) is 0 Å². The van der Waals surface area contributed by atoms with Crippen molar-refractivity contribution in [1.29, 1.82) is 0 Å². The zero-order valence-corrected chi connectivity index (χ0v) is 16.5. The summed E-state index contributed by atoms with van der Waals surface area (Å²) >= 11 is 6.08. The first-order valence-corrected chi connectivity index (χ1v) is 10.7. The number of anilines is 2. The van der Waals surface area contributed by atoms with Gasteiger partial charge in [-0.25, -0.2) is 13.4 Å². The average Bonchev–Trinajstić information content (AvgIpc) is 2.97. The Kier molecular flexibility index (Phi) is 4.39. The predicted octanol–water partition coefficient (Wildman–Crippen LogP) is 3.09. The number of ether oxygens (including phenoxy) is 1. The summed E-state index contributed by atoms with van der Waals surface area (Å²) in [6, 6.07) is 11.2. The van der Waals surface area contributed by atoms with Crippen LogP contribution in [0.15, 0.2) is 36.4 Å². The van der Waals surface area contributed by atoms with Gasteiger partial charge >= 0.3 is 0 Å². The molecule has 0 saturated heterocycles. The number of imidazole rings is 1. The highest BCUT2D eigenvalue weighted by atomic mass is 35.5. The summed E-state index contributed by atoms with van der Waals surface area (Å²) in [5.74, 6) is 1.44. The molecule has 0 radical (unpaired) electrons. The third-order valence-corrected chi connectivity index (χ3v) is 5.39. The maximum atomic E-state index is 11.5. The number of sulfonamides is 1. The lowest BCUT2D eigenvalue weighted by Gasteiger charge is -2.30. The molecule has 3 aromatic rings. The first-order valence-electron chi connectivity index (χ1n) is 8.39. The Hall–Kier alpha value is -2.45. The largest absolute Gasteiger partial charge is 0.494 e.